The van der Waals surface area contributed by atoms with Crippen LogP contribution in [0.4, 0.5) is 0 Å². The van der Waals surface area contributed by atoms with Gasteiger partial charge in [-0.2, -0.15) is 0 Å². The number of hydrogen-bond acceptors (Lipinski definition) is 7. The minimum Gasteiger partial charge on any atom is -0.504 e. The molecule has 0 radical (unpaired) electrons. The summed E-state index contributed by atoms with van der Waals surface area (Å²) in [6.07, 6.45) is 1.60. The molecule has 2 fully saturated rings. The van der Waals surface area contributed by atoms with Crippen molar-refractivity contribution in [2.24, 2.45) is 0 Å². The van der Waals surface area contributed by atoms with E-state index >= 15 is 0 Å². The second kappa shape index (κ2) is 8.49. The van der Waals surface area contributed by atoms with Crippen molar-refractivity contribution in [3.05, 3.63) is 23.3 Å². The molecule has 4 aliphatic rings. The smallest absolute Gasteiger partial charge is 0.323 e. The van der Waals surface area contributed by atoms with Crippen molar-refractivity contribution < 1.29 is 29.6 Å². The Morgan fingerprint density at radius 1 is 1.34 bits per heavy atom. The number of piperidine rings is 1. The van der Waals surface area contributed by atoms with Crippen molar-refractivity contribution in [3.8, 4) is 11.5 Å². The number of nitrogens with one attached hydrogen (secondary N) is 1. The topological polar surface area (TPSA) is 111 Å². The third kappa shape index (κ3) is 3.00. The van der Waals surface area contributed by atoms with E-state index in [2.05, 4.69) is 17.3 Å². The highest BCUT2D eigenvalue weighted by Crippen LogP contribution is 2.66. The molecule has 0 amide bonds. The Balaban J connectivity index is 0.00000144. The van der Waals surface area contributed by atoms with Crippen LogP contribution in [-0.2, 0) is 21.4 Å². The Bertz CT molecular complexity index is 901. The van der Waals surface area contributed by atoms with Crippen LogP contribution in [0, 0.1) is 0 Å². The first-order valence-electron chi connectivity index (χ1n) is 10.7. The molecule has 2 bridgehead atoms. The highest BCUT2D eigenvalue weighted by atomic mass is 35.5. The van der Waals surface area contributed by atoms with E-state index < -0.39 is 29.1 Å². The minimum atomic E-state index is -1.09. The summed E-state index contributed by atoms with van der Waals surface area (Å²) in [5, 5.41) is 33.4. The van der Waals surface area contributed by atoms with E-state index in [1.807, 2.05) is 6.07 Å². The zero-order chi connectivity index (χ0) is 21.4. The van der Waals surface area contributed by atoms with E-state index in [0.29, 0.717) is 12.2 Å². The number of phenols is 1. The zero-order valence-corrected chi connectivity index (χ0v) is 20.0. The maximum atomic E-state index is 11.7. The molecular weight excluding hydrogens is 459 g/mol. The second-order valence-electron chi connectivity index (χ2n) is 9.37. The molecule has 2 aliphatic carbocycles. The number of likely N-dealkylation sites (tertiary alicyclic amines) is 1. The predicted octanol–water partition coefficient (Wildman–Crippen LogP) is 1.47. The van der Waals surface area contributed by atoms with E-state index in [4.69, 9.17) is 9.47 Å². The minimum absolute atomic E-state index is 0. The van der Waals surface area contributed by atoms with E-state index in [-0.39, 0.29) is 48.8 Å². The van der Waals surface area contributed by atoms with Crippen LogP contribution in [0.3, 0.4) is 0 Å². The molecule has 1 aromatic carbocycles. The molecule has 2 aliphatic heterocycles. The van der Waals surface area contributed by atoms with Gasteiger partial charge in [-0.1, -0.05) is 6.07 Å². The number of likely N-dealkylation sites (N-methyl/N-ethyl adjacent to an activating group) is 1. The number of carboxylic acids is 1. The molecule has 1 spiro atoms. The number of aromatic hydroxyl groups is 1. The summed E-state index contributed by atoms with van der Waals surface area (Å²) in [7, 11) is 3.90. The fourth-order valence-corrected chi connectivity index (χ4v) is 6.96. The molecule has 2 heterocycles. The summed E-state index contributed by atoms with van der Waals surface area (Å²) < 4.78 is 12.8. The molecule has 10 heteroatoms. The van der Waals surface area contributed by atoms with Crippen LogP contribution in [0.25, 0.3) is 0 Å². The number of carboxylic acid groups (broad SMARTS) is 1. The zero-order valence-electron chi connectivity index (χ0n) is 18.4. The van der Waals surface area contributed by atoms with E-state index in [9.17, 15) is 20.1 Å². The van der Waals surface area contributed by atoms with Crippen molar-refractivity contribution >= 4 is 30.8 Å². The van der Waals surface area contributed by atoms with Crippen LogP contribution >= 0.6 is 24.8 Å². The number of halogens is 2. The molecule has 0 aromatic heterocycles. The van der Waals surface area contributed by atoms with Gasteiger partial charge in [0.1, 0.15) is 12.1 Å². The Morgan fingerprint density at radius 3 is 2.69 bits per heavy atom. The van der Waals surface area contributed by atoms with Gasteiger partial charge in [0.05, 0.1) is 17.1 Å². The van der Waals surface area contributed by atoms with Gasteiger partial charge in [0.25, 0.3) is 0 Å². The van der Waals surface area contributed by atoms with Crippen molar-refractivity contribution in [1.29, 1.82) is 0 Å². The average molecular weight is 491 g/mol. The predicted molar refractivity (Wildman–Crippen MR) is 122 cm³/mol. The highest BCUT2D eigenvalue weighted by molar-refractivity contribution is 5.85. The lowest BCUT2D eigenvalue weighted by molar-refractivity contribution is -0.204. The fraction of sp³-hybridized carbons (Fsp3) is 0.682. The summed E-state index contributed by atoms with van der Waals surface area (Å²) >= 11 is 0. The number of benzene rings is 1. The number of phenolic OH excluding ortho intramolecular Hbond substituents is 1. The molecule has 1 aromatic rings. The quantitative estimate of drug-likeness (QED) is 0.490. The average Bonchev–Trinajstić information content (AvgIpc) is 3.06. The van der Waals surface area contributed by atoms with Gasteiger partial charge in [-0.25, -0.2) is 0 Å². The number of ether oxygens (including phenoxy) is 2. The summed E-state index contributed by atoms with van der Waals surface area (Å²) in [5.41, 5.74) is 1.26. The molecule has 0 unspecified atom stereocenters. The molecule has 4 N–H and O–H groups in total. The van der Waals surface area contributed by atoms with Gasteiger partial charge in [-0.05, 0) is 57.8 Å². The van der Waals surface area contributed by atoms with Crippen LogP contribution in [0.5, 0.6) is 11.5 Å². The third-order valence-corrected chi connectivity index (χ3v) is 8.20. The largest absolute Gasteiger partial charge is 0.504 e. The molecule has 32 heavy (non-hydrogen) atoms. The number of aliphatic hydroxyl groups is 1. The Morgan fingerprint density at radius 2 is 2.06 bits per heavy atom. The Hall–Kier alpha value is -1.29. The molecule has 7 atom stereocenters. The van der Waals surface area contributed by atoms with Gasteiger partial charge in [-0.15, -0.1) is 24.8 Å². The summed E-state index contributed by atoms with van der Waals surface area (Å²) in [4.78, 5) is 14.1. The van der Waals surface area contributed by atoms with Gasteiger partial charge in [0, 0.05) is 24.8 Å². The normalized spacial score (nSPS) is 36.1. The number of hydrogen-bond donors (Lipinski definition) is 4. The Kier molecular flexibility index (Phi) is 6.72. The van der Waals surface area contributed by atoms with Gasteiger partial charge in [-0.3, -0.25) is 10.1 Å². The third-order valence-electron chi connectivity index (χ3n) is 8.20. The van der Waals surface area contributed by atoms with Crippen LogP contribution in [0.1, 0.15) is 37.3 Å². The lowest BCUT2D eigenvalue weighted by Gasteiger charge is -2.65. The van der Waals surface area contributed by atoms with Crippen LogP contribution in [-0.4, -0.2) is 82.8 Å². The molecule has 1 saturated carbocycles. The summed E-state index contributed by atoms with van der Waals surface area (Å²) in [5.74, 6) is -0.460. The number of aliphatic hydroxyl groups excluding tert-OH is 1. The van der Waals surface area contributed by atoms with Gasteiger partial charge in [0.2, 0.25) is 0 Å². The number of rotatable bonds is 5. The van der Waals surface area contributed by atoms with E-state index in [1.54, 1.807) is 13.2 Å². The first kappa shape index (κ1) is 25.3. The van der Waals surface area contributed by atoms with Crippen molar-refractivity contribution in [3.63, 3.8) is 0 Å². The number of nitrogens with zero attached hydrogens (tertiary/aromatic N) is 1. The maximum absolute atomic E-state index is 11.7. The number of methoxy groups -OCH3 is 1. The van der Waals surface area contributed by atoms with Crippen molar-refractivity contribution in [2.75, 3.05) is 20.7 Å². The van der Waals surface area contributed by atoms with E-state index in [0.717, 1.165) is 31.4 Å². The van der Waals surface area contributed by atoms with Crippen LogP contribution in [0.2, 0.25) is 0 Å². The summed E-state index contributed by atoms with van der Waals surface area (Å²) in [6.45, 7) is 2.35. The molecule has 180 valence electrons. The SMILES string of the molecule is CO[C@@]12CC[C@H](N[C@H](C(=O)O)[C@@H](C)O)[C@@H]3Oc4c(O)ccc5c4[C@@]31CCN(C)[C@@H]2C5.Cl.Cl. The lowest BCUT2D eigenvalue weighted by Crippen LogP contribution is -2.78. The first-order chi connectivity index (χ1) is 14.3. The van der Waals surface area contributed by atoms with Crippen LogP contribution < -0.4 is 10.1 Å². The van der Waals surface area contributed by atoms with Crippen LogP contribution in [0.15, 0.2) is 12.1 Å². The highest BCUT2D eigenvalue weighted by Gasteiger charge is 2.73. The monoisotopic (exact) mass is 490 g/mol. The standard InChI is InChI=1S/C22H30N2O6.2ClH/c1-11(25)17(20(27)28)23-13-6-7-22(29-3)15-10-12-4-5-14(26)18-16(12)21(22,19(13)30-18)8-9-24(15)2;;/h4-5,11,13,15,17,19,23,25-26H,6-10H2,1-3H3,(H,27,28);2*1H/t11-,13+,15-,17+,19+,21+,22-;;/m1../s1. The van der Waals surface area contributed by atoms with Gasteiger partial charge >= 0.3 is 5.97 Å². The lowest BCUT2D eigenvalue weighted by atomic mass is 9.48. The number of carbonyl (C=O) groups is 1. The Labute approximate surface area is 200 Å². The molecular formula is C22H32Cl2N2O6. The van der Waals surface area contributed by atoms with E-state index in [1.165, 1.54) is 12.5 Å². The van der Waals surface area contributed by atoms with Crippen molar-refractivity contribution in [2.45, 2.75) is 74.0 Å². The fourth-order valence-electron chi connectivity index (χ4n) is 6.96. The maximum Gasteiger partial charge on any atom is 0.323 e. The van der Waals surface area contributed by atoms with Gasteiger partial charge < -0.3 is 29.7 Å². The molecule has 1 saturated heterocycles. The summed E-state index contributed by atoms with van der Waals surface area (Å²) in [6, 6.07) is 2.48. The van der Waals surface area contributed by atoms with Gasteiger partial charge in [0.15, 0.2) is 11.5 Å². The van der Waals surface area contributed by atoms with Crippen molar-refractivity contribution in [1.82, 2.24) is 10.2 Å². The second-order valence-corrected chi connectivity index (χ2v) is 9.37. The molecule has 5 rings (SSSR count). The molecule has 8 nitrogen and oxygen atoms in total. The number of aliphatic carboxylic acids is 1. The first-order valence-corrected chi connectivity index (χ1v) is 10.7.